The highest BCUT2D eigenvalue weighted by Gasteiger charge is 2.11. The van der Waals surface area contributed by atoms with E-state index in [9.17, 15) is 0 Å². The second kappa shape index (κ2) is 5.41. The molecule has 0 saturated carbocycles. The number of nitrogen functional groups attached to an aromatic ring is 1. The molecule has 2 aromatic carbocycles. The predicted molar refractivity (Wildman–Crippen MR) is 93.3 cm³/mol. The van der Waals surface area contributed by atoms with Crippen LogP contribution >= 0.6 is 11.6 Å². The molecule has 23 heavy (non-hydrogen) atoms. The molecule has 0 aliphatic carbocycles. The van der Waals surface area contributed by atoms with Gasteiger partial charge in [-0.25, -0.2) is 4.98 Å². The van der Waals surface area contributed by atoms with Crippen molar-refractivity contribution in [2.75, 3.05) is 5.73 Å². The molecule has 0 fully saturated rings. The molecule has 0 unspecified atom stereocenters. The lowest BCUT2D eigenvalue weighted by atomic mass is 10.1. The van der Waals surface area contributed by atoms with Crippen molar-refractivity contribution in [3.05, 3.63) is 71.9 Å². The third-order valence-electron chi connectivity index (χ3n) is 3.75. The SMILES string of the molecule is Nc1c(-c2ccccc2)cnc2cc(-c3ccc(Cl)cc3)nn12. The lowest BCUT2D eigenvalue weighted by Gasteiger charge is -2.06. The average molecular weight is 321 g/mol. The van der Waals surface area contributed by atoms with E-state index < -0.39 is 0 Å². The van der Waals surface area contributed by atoms with Crippen molar-refractivity contribution < 1.29 is 0 Å². The maximum Gasteiger partial charge on any atom is 0.157 e. The Hall–Kier alpha value is -2.85. The van der Waals surface area contributed by atoms with Crippen molar-refractivity contribution >= 4 is 23.1 Å². The summed E-state index contributed by atoms with van der Waals surface area (Å²) < 4.78 is 1.67. The smallest absolute Gasteiger partial charge is 0.157 e. The van der Waals surface area contributed by atoms with E-state index in [0.29, 0.717) is 16.5 Å². The largest absolute Gasteiger partial charge is 0.383 e. The van der Waals surface area contributed by atoms with Crippen molar-refractivity contribution in [1.82, 2.24) is 14.6 Å². The molecule has 0 atom stereocenters. The van der Waals surface area contributed by atoms with Crippen molar-refractivity contribution in [1.29, 1.82) is 0 Å². The summed E-state index contributed by atoms with van der Waals surface area (Å²) in [6, 6.07) is 19.4. The maximum absolute atomic E-state index is 6.31. The van der Waals surface area contributed by atoms with Crippen LogP contribution in [0.2, 0.25) is 5.02 Å². The highest BCUT2D eigenvalue weighted by molar-refractivity contribution is 6.30. The topological polar surface area (TPSA) is 56.2 Å². The summed E-state index contributed by atoms with van der Waals surface area (Å²) in [5.41, 5.74) is 10.7. The zero-order valence-electron chi connectivity index (χ0n) is 12.1. The number of hydrogen-bond donors (Lipinski definition) is 1. The monoisotopic (exact) mass is 320 g/mol. The zero-order valence-corrected chi connectivity index (χ0v) is 12.9. The Morgan fingerprint density at radius 3 is 2.39 bits per heavy atom. The van der Waals surface area contributed by atoms with Crippen molar-refractivity contribution in [2.24, 2.45) is 0 Å². The van der Waals surface area contributed by atoms with Crippen molar-refractivity contribution in [3.8, 4) is 22.4 Å². The highest BCUT2D eigenvalue weighted by Crippen LogP contribution is 2.27. The minimum Gasteiger partial charge on any atom is -0.383 e. The summed E-state index contributed by atoms with van der Waals surface area (Å²) in [6.45, 7) is 0. The van der Waals surface area contributed by atoms with Crippen LogP contribution in [0.25, 0.3) is 28.0 Å². The Bertz CT molecular complexity index is 975. The van der Waals surface area contributed by atoms with Crippen LogP contribution in [0.15, 0.2) is 66.9 Å². The van der Waals surface area contributed by atoms with E-state index in [-0.39, 0.29) is 0 Å². The number of benzene rings is 2. The number of fused-ring (bicyclic) bond motifs is 1. The van der Waals surface area contributed by atoms with E-state index in [0.717, 1.165) is 22.4 Å². The van der Waals surface area contributed by atoms with Gasteiger partial charge < -0.3 is 5.73 Å². The van der Waals surface area contributed by atoms with Crippen LogP contribution in [0.4, 0.5) is 5.82 Å². The van der Waals surface area contributed by atoms with Gasteiger partial charge in [0.25, 0.3) is 0 Å². The van der Waals surface area contributed by atoms with Crippen LogP contribution in [0.5, 0.6) is 0 Å². The third kappa shape index (κ3) is 2.43. The summed E-state index contributed by atoms with van der Waals surface area (Å²) in [7, 11) is 0. The molecule has 0 aliphatic rings. The average Bonchev–Trinajstić information content (AvgIpc) is 3.02. The normalized spacial score (nSPS) is 11.0. The first-order valence-corrected chi connectivity index (χ1v) is 7.56. The minimum absolute atomic E-state index is 0.571. The molecule has 0 aliphatic heterocycles. The molecule has 2 aromatic heterocycles. The molecule has 2 heterocycles. The van der Waals surface area contributed by atoms with Crippen molar-refractivity contribution in [2.45, 2.75) is 0 Å². The molecule has 4 rings (SSSR count). The van der Waals surface area contributed by atoms with Crippen LogP contribution in [0, 0.1) is 0 Å². The summed E-state index contributed by atoms with van der Waals surface area (Å²) in [4.78, 5) is 4.48. The lowest BCUT2D eigenvalue weighted by molar-refractivity contribution is 0.958. The fourth-order valence-electron chi connectivity index (χ4n) is 2.55. The first kappa shape index (κ1) is 13.8. The van der Waals surface area contributed by atoms with Gasteiger partial charge in [0, 0.05) is 28.4 Å². The number of nitrogens with zero attached hydrogens (tertiary/aromatic N) is 3. The number of hydrogen-bond acceptors (Lipinski definition) is 3. The Morgan fingerprint density at radius 1 is 0.913 bits per heavy atom. The summed E-state index contributed by atoms with van der Waals surface area (Å²) in [5, 5.41) is 5.28. The Morgan fingerprint density at radius 2 is 1.65 bits per heavy atom. The number of rotatable bonds is 2. The number of aromatic nitrogens is 3. The van der Waals surface area contributed by atoms with E-state index in [1.807, 2.05) is 60.7 Å². The van der Waals surface area contributed by atoms with Crippen molar-refractivity contribution in [3.63, 3.8) is 0 Å². The molecule has 0 spiro atoms. The molecule has 4 nitrogen and oxygen atoms in total. The summed E-state index contributed by atoms with van der Waals surface area (Å²) in [6.07, 6.45) is 1.79. The van der Waals surface area contributed by atoms with Crippen LogP contribution in [-0.2, 0) is 0 Å². The van der Waals surface area contributed by atoms with Crippen LogP contribution < -0.4 is 5.73 Å². The van der Waals surface area contributed by atoms with E-state index in [1.165, 1.54) is 0 Å². The molecular formula is C18H13ClN4. The number of halogens is 1. The lowest BCUT2D eigenvalue weighted by Crippen LogP contribution is -2.02. The Balaban J connectivity index is 1.86. The first-order valence-electron chi connectivity index (χ1n) is 7.18. The van der Waals surface area contributed by atoms with Gasteiger partial charge in [0.15, 0.2) is 5.65 Å². The van der Waals surface area contributed by atoms with E-state index in [2.05, 4.69) is 10.1 Å². The van der Waals surface area contributed by atoms with Gasteiger partial charge in [0.05, 0.1) is 5.69 Å². The van der Waals surface area contributed by atoms with Gasteiger partial charge in [-0.1, -0.05) is 54.1 Å². The molecule has 0 amide bonds. The summed E-state index contributed by atoms with van der Waals surface area (Å²) in [5.74, 6) is 0.571. The molecule has 0 bridgehead atoms. The fraction of sp³-hybridized carbons (Fsp3) is 0. The van der Waals surface area contributed by atoms with E-state index in [4.69, 9.17) is 17.3 Å². The molecule has 2 N–H and O–H groups in total. The quantitative estimate of drug-likeness (QED) is 0.599. The van der Waals surface area contributed by atoms with Crippen LogP contribution in [0.3, 0.4) is 0 Å². The van der Waals surface area contributed by atoms with E-state index in [1.54, 1.807) is 10.7 Å². The maximum atomic E-state index is 6.31. The molecule has 112 valence electrons. The zero-order chi connectivity index (χ0) is 15.8. The van der Waals surface area contributed by atoms with Gasteiger partial charge in [0.1, 0.15) is 5.82 Å². The molecule has 0 radical (unpaired) electrons. The third-order valence-corrected chi connectivity index (χ3v) is 4.00. The second-order valence-electron chi connectivity index (χ2n) is 5.23. The van der Waals surface area contributed by atoms with Gasteiger partial charge >= 0.3 is 0 Å². The van der Waals surface area contributed by atoms with Gasteiger partial charge in [0.2, 0.25) is 0 Å². The first-order chi connectivity index (χ1) is 11.2. The molecule has 5 heteroatoms. The molecular weight excluding hydrogens is 308 g/mol. The Labute approximate surface area is 138 Å². The standard InChI is InChI=1S/C18H13ClN4/c19-14-8-6-13(7-9-14)16-10-17-21-11-15(18(20)23(17)22-16)12-4-2-1-3-5-12/h1-11H,20H2. The molecule has 4 aromatic rings. The van der Waals surface area contributed by atoms with Gasteiger partial charge in [-0.15, -0.1) is 0 Å². The highest BCUT2D eigenvalue weighted by atomic mass is 35.5. The fourth-order valence-corrected chi connectivity index (χ4v) is 2.68. The van der Waals surface area contributed by atoms with Crippen LogP contribution in [0.1, 0.15) is 0 Å². The van der Waals surface area contributed by atoms with Gasteiger partial charge in [-0.05, 0) is 17.7 Å². The predicted octanol–water partition coefficient (Wildman–Crippen LogP) is 4.30. The van der Waals surface area contributed by atoms with Crippen LogP contribution in [-0.4, -0.2) is 14.6 Å². The minimum atomic E-state index is 0.571. The number of anilines is 1. The van der Waals surface area contributed by atoms with E-state index >= 15 is 0 Å². The van der Waals surface area contributed by atoms with Gasteiger partial charge in [-0.2, -0.15) is 9.61 Å². The Kier molecular flexibility index (Phi) is 3.24. The van der Waals surface area contributed by atoms with Gasteiger partial charge in [-0.3, -0.25) is 0 Å². The number of nitrogens with two attached hydrogens (primary N) is 1. The molecule has 0 saturated heterocycles. The summed E-state index contributed by atoms with van der Waals surface area (Å²) >= 11 is 5.93. The second-order valence-corrected chi connectivity index (χ2v) is 5.67.